The molecule has 0 fully saturated rings. The summed E-state index contributed by atoms with van der Waals surface area (Å²) in [6.45, 7) is 4.23. The van der Waals surface area contributed by atoms with Gasteiger partial charge in [0.15, 0.2) is 5.06 Å². The van der Waals surface area contributed by atoms with Crippen molar-refractivity contribution in [2.75, 3.05) is 7.11 Å². The maximum Gasteiger partial charge on any atom is 0.178 e. The molecule has 1 atom stereocenters. The van der Waals surface area contributed by atoms with Gasteiger partial charge in [0.25, 0.3) is 0 Å². The molecule has 1 aromatic heterocycles. The van der Waals surface area contributed by atoms with E-state index in [0.29, 0.717) is 5.92 Å². The molecule has 0 amide bonds. The zero-order valence-corrected chi connectivity index (χ0v) is 8.52. The van der Waals surface area contributed by atoms with Crippen LogP contribution in [0.1, 0.15) is 25.5 Å². The van der Waals surface area contributed by atoms with Crippen molar-refractivity contribution in [3.8, 4) is 5.06 Å². The monoisotopic (exact) mass is 185 g/mol. The number of hydrogen-bond donors (Lipinski definition) is 1. The lowest BCUT2D eigenvalue weighted by atomic mass is 9.99. The first-order chi connectivity index (χ1) is 5.66. The second kappa shape index (κ2) is 3.92. The second-order valence-electron chi connectivity index (χ2n) is 3.14. The lowest BCUT2D eigenvalue weighted by Crippen LogP contribution is -2.16. The smallest absolute Gasteiger partial charge is 0.178 e. The van der Waals surface area contributed by atoms with Crippen LogP contribution in [0, 0.1) is 5.92 Å². The average Bonchev–Trinajstić information content (AvgIpc) is 2.49. The van der Waals surface area contributed by atoms with Gasteiger partial charge < -0.3 is 10.5 Å². The summed E-state index contributed by atoms with van der Waals surface area (Å²) in [6, 6.07) is 2.12. The van der Waals surface area contributed by atoms with Crippen molar-refractivity contribution in [2.24, 2.45) is 11.7 Å². The molecule has 0 spiro atoms. The summed E-state index contributed by atoms with van der Waals surface area (Å²) in [5, 5.41) is 2.95. The maximum atomic E-state index is 5.99. The lowest BCUT2D eigenvalue weighted by molar-refractivity contribution is 0.409. The largest absolute Gasteiger partial charge is 0.487 e. The quantitative estimate of drug-likeness (QED) is 0.785. The van der Waals surface area contributed by atoms with E-state index in [0.717, 1.165) is 10.6 Å². The summed E-state index contributed by atoms with van der Waals surface area (Å²) in [5.41, 5.74) is 7.11. The predicted molar refractivity (Wildman–Crippen MR) is 52.6 cm³/mol. The molecule has 0 radical (unpaired) electrons. The van der Waals surface area contributed by atoms with Gasteiger partial charge in [-0.1, -0.05) is 13.8 Å². The summed E-state index contributed by atoms with van der Waals surface area (Å²) in [7, 11) is 1.68. The van der Waals surface area contributed by atoms with Gasteiger partial charge in [0, 0.05) is 11.6 Å². The van der Waals surface area contributed by atoms with Crippen LogP contribution < -0.4 is 10.5 Å². The Morgan fingerprint density at radius 2 is 2.17 bits per heavy atom. The van der Waals surface area contributed by atoms with Gasteiger partial charge in [-0.2, -0.15) is 0 Å². The molecule has 0 aliphatic heterocycles. The molecule has 1 heterocycles. The third-order valence-corrected chi connectivity index (χ3v) is 2.81. The van der Waals surface area contributed by atoms with E-state index in [-0.39, 0.29) is 6.04 Å². The van der Waals surface area contributed by atoms with Crippen LogP contribution in [-0.4, -0.2) is 7.11 Å². The Kier molecular flexibility index (Phi) is 3.12. The summed E-state index contributed by atoms with van der Waals surface area (Å²) in [6.07, 6.45) is 0. The van der Waals surface area contributed by atoms with Crippen molar-refractivity contribution in [3.63, 3.8) is 0 Å². The fraction of sp³-hybridized carbons (Fsp3) is 0.556. The molecule has 2 nitrogen and oxygen atoms in total. The van der Waals surface area contributed by atoms with Crippen molar-refractivity contribution in [3.05, 3.63) is 17.0 Å². The molecule has 68 valence electrons. The van der Waals surface area contributed by atoms with Crippen LogP contribution in [0.2, 0.25) is 0 Å². The summed E-state index contributed by atoms with van der Waals surface area (Å²) < 4.78 is 5.20. The minimum atomic E-state index is 0.0891. The molecule has 2 N–H and O–H groups in total. The lowest BCUT2D eigenvalue weighted by Gasteiger charge is -2.15. The number of ether oxygens (including phenoxy) is 1. The van der Waals surface area contributed by atoms with E-state index in [9.17, 15) is 0 Å². The molecule has 0 bridgehead atoms. The van der Waals surface area contributed by atoms with Crippen LogP contribution in [0.3, 0.4) is 0 Å². The molecule has 1 rings (SSSR count). The van der Waals surface area contributed by atoms with E-state index in [4.69, 9.17) is 10.5 Å². The summed E-state index contributed by atoms with van der Waals surface area (Å²) in [4.78, 5) is 0. The average molecular weight is 185 g/mol. The minimum Gasteiger partial charge on any atom is -0.487 e. The normalized spacial score (nSPS) is 13.4. The van der Waals surface area contributed by atoms with Crippen LogP contribution in [0.15, 0.2) is 11.4 Å². The van der Waals surface area contributed by atoms with Crippen LogP contribution >= 0.6 is 11.3 Å². The van der Waals surface area contributed by atoms with E-state index in [1.54, 1.807) is 18.4 Å². The third-order valence-electron chi connectivity index (χ3n) is 1.92. The fourth-order valence-electron chi connectivity index (χ4n) is 1.08. The van der Waals surface area contributed by atoms with Gasteiger partial charge >= 0.3 is 0 Å². The summed E-state index contributed by atoms with van der Waals surface area (Å²) >= 11 is 1.59. The number of rotatable bonds is 3. The number of thiophene rings is 1. The van der Waals surface area contributed by atoms with Gasteiger partial charge in [0.05, 0.1) is 7.11 Å². The molecule has 1 aromatic rings. The van der Waals surface area contributed by atoms with Crippen LogP contribution in [0.5, 0.6) is 5.06 Å². The molecule has 0 aromatic carbocycles. The van der Waals surface area contributed by atoms with E-state index in [1.807, 2.05) is 11.4 Å². The van der Waals surface area contributed by atoms with Gasteiger partial charge in [-0.15, -0.1) is 11.3 Å². The van der Waals surface area contributed by atoms with Gasteiger partial charge in [-0.25, -0.2) is 0 Å². The molecule has 0 aliphatic rings. The molecule has 0 unspecified atom stereocenters. The SMILES string of the molecule is COc1sccc1[C@@H](N)C(C)C. The summed E-state index contributed by atoms with van der Waals surface area (Å²) in [5.74, 6) is 0.452. The van der Waals surface area contributed by atoms with Gasteiger partial charge in [0.2, 0.25) is 0 Å². The fourth-order valence-corrected chi connectivity index (χ4v) is 1.85. The first kappa shape index (κ1) is 9.55. The molecule has 0 aliphatic carbocycles. The first-order valence-electron chi connectivity index (χ1n) is 4.03. The Labute approximate surface area is 77.3 Å². The molecule has 3 heteroatoms. The van der Waals surface area contributed by atoms with Crippen molar-refractivity contribution < 1.29 is 4.74 Å². The van der Waals surface area contributed by atoms with E-state index in [2.05, 4.69) is 13.8 Å². The number of methoxy groups -OCH3 is 1. The van der Waals surface area contributed by atoms with Crippen molar-refractivity contribution in [2.45, 2.75) is 19.9 Å². The molecular formula is C9H15NOS. The Hall–Kier alpha value is -0.540. The highest BCUT2D eigenvalue weighted by molar-refractivity contribution is 7.12. The first-order valence-corrected chi connectivity index (χ1v) is 4.91. The zero-order chi connectivity index (χ0) is 9.14. The number of hydrogen-bond acceptors (Lipinski definition) is 3. The van der Waals surface area contributed by atoms with Gasteiger partial charge in [-0.3, -0.25) is 0 Å². The van der Waals surface area contributed by atoms with Gasteiger partial charge in [-0.05, 0) is 17.4 Å². The Bertz CT molecular complexity index is 244. The highest BCUT2D eigenvalue weighted by Gasteiger charge is 2.15. The molecule has 0 saturated heterocycles. The Morgan fingerprint density at radius 1 is 1.50 bits per heavy atom. The van der Waals surface area contributed by atoms with Gasteiger partial charge in [0.1, 0.15) is 0 Å². The third kappa shape index (κ3) is 1.79. The number of nitrogens with two attached hydrogens (primary N) is 1. The highest BCUT2D eigenvalue weighted by Crippen LogP contribution is 2.32. The van der Waals surface area contributed by atoms with Crippen LogP contribution in [-0.2, 0) is 0 Å². The van der Waals surface area contributed by atoms with E-state index in [1.165, 1.54) is 0 Å². The molecule has 0 saturated carbocycles. The predicted octanol–water partition coefficient (Wildman–Crippen LogP) is 2.41. The van der Waals surface area contributed by atoms with Crippen LogP contribution in [0.25, 0.3) is 0 Å². The molecule has 12 heavy (non-hydrogen) atoms. The zero-order valence-electron chi connectivity index (χ0n) is 7.70. The Morgan fingerprint density at radius 3 is 2.67 bits per heavy atom. The molecular weight excluding hydrogens is 170 g/mol. The Balaban J connectivity index is 2.86. The van der Waals surface area contributed by atoms with E-state index < -0.39 is 0 Å². The minimum absolute atomic E-state index is 0.0891. The topological polar surface area (TPSA) is 35.2 Å². The second-order valence-corrected chi connectivity index (χ2v) is 4.02. The highest BCUT2D eigenvalue weighted by atomic mass is 32.1. The van der Waals surface area contributed by atoms with Crippen LogP contribution in [0.4, 0.5) is 0 Å². The standard InChI is InChI=1S/C9H15NOS/c1-6(2)8(10)7-4-5-12-9(7)11-3/h4-6,8H,10H2,1-3H3/t8-/m0/s1. The van der Waals surface area contributed by atoms with Crippen molar-refractivity contribution in [1.82, 2.24) is 0 Å². The maximum absolute atomic E-state index is 5.99. The van der Waals surface area contributed by atoms with E-state index >= 15 is 0 Å². The van der Waals surface area contributed by atoms with Crippen molar-refractivity contribution >= 4 is 11.3 Å². The van der Waals surface area contributed by atoms with Crippen molar-refractivity contribution in [1.29, 1.82) is 0 Å².